The Morgan fingerprint density at radius 3 is 1.59 bits per heavy atom. The van der Waals surface area contributed by atoms with Gasteiger partial charge in [0.05, 0.1) is 11.1 Å². The van der Waals surface area contributed by atoms with Gasteiger partial charge in [-0.2, -0.15) is 0 Å². The van der Waals surface area contributed by atoms with E-state index >= 15 is 0 Å². The number of carboxylic acid groups (broad SMARTS) is 2. The minimum atomic E-state index is -1.13. The van der Waals surface area contributed by atoms with Gasteiger partial charge in [-0.15, -0.1) is 0 Å². The first kappa shape index (κ1) is 13.7. The van der Waals surface area contributed by atoms with E-state index in [9.17, 15) is 9.59 Å². The van der Waals surface area contributed by atoms with Gasteiger partial charge < -0.3 is 10.2 Å². The number of carbonyl (C=O) groups is 2. The van der Waals surface area contributed by atoms with Gasteiger partial charge in [0.15, 0.2) is 0 Å². The number of rotatable bonds is 2. The SMILES string of the molecule is O=C(O)c1cccc2cccc(C(=O)O)c12.[NaH]. The van der Waals surface area contributed by atoms with Crippen molar-refractivity contribution in [2.75, 3.05) is 0 Å². The van der Waals surface area contributed by atoms with Gasteiger partial charge in [-0.05, 0) is 17.5 Å². The van der Waals surface area contributed by atoms with E-state index in [0.717, 1.165) is 0 Å². The summed E-state index contributed by atoms with van der Waals surface area (Å²) in [6, 6.07) is 9.37. The molecule has 82 valence electrons. The normalized spacial score (nSPS) is 9.65. The van der Waals surface area contributed by atoms with Crippen LogP contribution in [0.1, 0.15) is 20.7 Å². The molecule has 0 bridgehead atoms. The predicted octanol–water partition coefficient (Wildman–Crippen LogP) is 1.59. The van der Waals surface area contributed by atoms with Crippen molar-refractivity contribution in [3.63, 3.8) is 0 Å². The minimum absolute atomic E-state index is 0. The molecule has 0 amide bonds. The fourth-order valence-electron chi connectivity index (χ4n) is 1.70. The Balaban J connectivity index is 0.00000144. The quantitative estimate of drug-likeness (QED) is 0.781. The second-order valence-corrected chi connectivity index (χ2v) is 3.32. The summed E-state index contributed by atoms with van der Waals surface area (Å²) in [6.07, 6.45) is 0. The molecule has 0 atom stereocenters. The number of hydrogen-bond acceptors (Lipinski definition) is 2. The van der Waals surface area contributed by atoms with Crippen LogP contribution < -0.4 is 0 Å². The molecule has 4 nitrogen and oxygen atoms in total. The Kier molecular flexibility index (Phi) is 4.28. The van der Waals surface area contributed by atoms with Gasteiger partial charge >= 0.3 is 41.5 Å². The monoisotopic (exact) mass is 240 g/mol. The van der Waals surface area contributed by atoms with Crippen LogP contribution in [0.5, 0.6) is 0 Å². The molecule has 0 spiro atoms. The average molecular weight is 240 g/mol. The number of fused-ring (bicyclic) bond motifs is 1. The molecule has 0 saturated carbocycles. The van der Waals surface area contributed by atoms with Crippen LogP contribution in [0.2, 0.25) is 0 Å². The van der Waals surface area contributed by atoms with Crippen molar-refractivity contribution in [2.45, 2.75) is 0 Å². The number of aromatic carboxylic acids is 2. The van der Waals surface area contributed by atoms with Gasteiger partial charge in [0, 0.05) is 5.39 Å². The zero-order valence-electron chi connectivity index (χ0n) is 8.18. The van der Waals surface area contributed by atoms with Gasteiger partial charge in [0.25, 0.3) is 0 Å². The summed E-state index contributed by atoms with van der Waals surface area (Å²) in [5, 5.41) is 18.9. The van der Waals surface area contributed by atoms with E-state index in [1.807, 2.05) is 0 Å². The molecule has 0 aliphatic carbocycles. The topological polar surface area (TPSA) is 74.6 Å². The van der Waals surface area contributed by atoms with E-state index in [1.54, 1.807) is 24.3 Å². The Morgan fingerprint density at radius 1 is 0.824 bits per heavy atom. The second kappa shape index (κ2) is 5.31. The first-order chi connectivity index (χ1) is 7.61. The Labute approximate surface area is 119 Å². The molecule has 2 aromatic carbocycles. The summed E-state index contributed by atoms with van der Waals surface area (Å²) in [7, 11) is 0. The summed E-state index contributed by atoms with van der Waals surface area (Å²) in [4.78, 5) is 22.0. The molecule has 5 heteroatoms. The molecular weight excluding hydrogens is 231 g/mol. The predicted molar refractivity (Wildman–Crippen MR) is 65.0 cm³/mol. The van der Waals surface area contributed by atoms with E-state index in [0.29, 0.717) is 5.39 Å². The maximum absolute atomic E-state index is 11.0. The summed E-state index contributed by atoms with van der Waals surface area (Å²) in [5.41, 5.74) is 0.0194. The molecule has 0 radical (unpaired) electrons. The molecule has 2 aromatic rings. The van der Waals surface area contributed by atoms with Crippen LogP contribution in [0, 0.1) is 0 Å². The van der Waals surface area contributed by atoms with Crippen molar-refractivity contribution in [1.29, 1.82) is 0 Å². The molecule has 0 fully saturated rings. The van der Waals surface area contributed by atoms with Crippen molar-refractivity contribution in [3.05, 3.63) is 47.5 Å². The molecule has 0 saturated heterocycles. The Bertz CT molecular complexity index is 543. The van der Waals surface area contributed by atoms with Crippen LogP contribution in [0.25, 0.3) is 10.8 Å². The molecule has 0 aliphatic heterocycles. The standard InChI is InChI=1S/C12H8O4.Na.H/c13-11(14)8-5-1-3-7-4-2-6-9(10(7)8)12(15)16;;/h1-6H,(H,13,14)(H,15,16);;. The van der Waals surface area contributed by atoms with Crippen molar-refractivity contribution in [1.82, 2.24) is 0 Å². The summed E-state index contributed by atoms with van der Waals surface area (Å²) >= 11 is 0. The van der Waals surface area contributed by atoms with Crippen LogP contribution in [0.4, 0.5) is 0 Å². The van der Waals surface area contributed by atoms with Crippen molar-refractivity contribution in [2.24, 2.45) is 0 Å². The third-order valence-corrected chi connectivity index (χ3v) is 2.37. The molecule has 0 aromatic heterocycles. The van der Waals surface area contributed by atoms with Crippen molar-refractivity contribution >= 4 is 52.3 Å². The van der Waals surface area contributed by atoms with Crippen LogP contribution in [-0.2, 0) is 0 Å². The van der Waals surface area contributed by atoms with Crippen molar-refractivity contribution in [3.8, 4) is 0 Å². The van der Waals surface area contributed by atoms with E-state index in [-0.39, 0.29) is 46.1 Å². The number of hydrogen-bond donors (Lipinski definition) is 2. The average Bonchev–Trinajstić information content (AvgIpc) is 2.27. The van der Waals surface area contributed by atoms with Crippen molar-refractivity contribution < 1.29 is 19.8 Å². The first-order valence-electron chi connectivity index (χ1n) is 4.59. The molecule has 17 heavy (non-hydrogen) atoms. The second-order valence-electron chi connectivity index (χ2n) is 3.32. The van der Waals surface area contributed by atoms with Gasteiger partial charge in [-0.1, -0.05) is 24.3 Å². The van der Waals surface area contributed by atoms with E-state index in [1.165, 1.54) is 12.1 Å². The zero-order valence-corrected chi connectivity index (χ0v) is 8.18. The molecule has 0 unspecified atom stereocenters. The number of carboxylic acids is 2. The van der Waals surface area contributed by atoms with Crippen LogP contribution in [-0.4, -0.2) is 51.7 Å². The fourth-order valence-corrected chi connectivity index (χ4v) is 1.70. The molecular formula is C12H9NaO4. The van der Waals surface area contributed by atoms with Crippen LogP contribution in [0.3, 0.4) is 0 Å². The maximum atomic E-state index is 11.0. The summed E-state index contributed by atoms with van der Waals surface area (Å²) < 4.78 is 0. The van der Waals surface area contributed by atoms with Gasteiger partial charge in [-0.3, -0.25) is 0 Å². The van der Waals surface area contributed by atoms with E-state index in [4.69, 9.17) is 10.2 Å². The third-order valence-electron chi connectivity index (χ3n) is 2.37. The summed E-state index contributed by atoms with van der Waals surface area (Å²) in [5.74, 6) is -2.25. The van der Waals surface area contributed by atoms with Gasteiger partial charge in [-0.25, -0.2) is 9.59 Å². The van der Waals surface area contributed by atoms with E-state index < -0.39 is 11.9 Å². The first-order valence-corrected chi connectivity index (χ1v) is 4.59. The fraction of sp³-hybridized carbons (Fsp3) is 0. The Hall–Kier alpha value is -1.36. The van der Waals surface area contributed by atoms with Gasteiger partial charge in [0.2, 0.25) is 0 Å². The van der Waals surface area contributed by atoms with Crippen LogP contribution >= 0.6 is 0 Å². The Morgan fingerprint density at radius 2 is 1.24 bits per heavy atom. The molecule has 2 rings (SSSR count). The van der Waals surface area contributed by atoms with Gasteiger partial charge in [0.1, 0.15) is 0 Å². The van der Waals surface area contributed by atoms with E-state index in [2.05, 4.69) is 0 Å². The number of benzene rings is 2. The molecule has 0 heterocycles. The molecule has 2 N–H and O–H groups in total. The van der Waals surface area contributed by atoms with Crippen LogP contribution in [0.15, 0.2) is 36.4 Å². The molecule has 0 aliphatic rings. The third kappa shape index (κ3) is 2.49. The summed E-state index contributed by atoms with van der Waals surface area (Å²) in [6.45, 7) is 0. The zero-order chi connectivity index (χ0) is 11.7.